The zero-order valence-electron chi connectivity index (χ0n) is 16.5. The fraction of sp³-hybridized carbons (Fsp3) is 0.364. The third kappa shape index (κ3) is 3.99. The highest BCUT2D eigenvalue weighted by molar-refractivity contribution is 5.98. The molecule has 2 aromatic heterocycles. The molecule has 1 amide bonds. The van der Waals surface area contributed by atoms with Gasteiger partial charge in [0.25, 0.3) is 0 Å². The number of ether oxygens (including phenoxy) is 1. The normalized spacial score (nSPS) is 16.3. The molecule has 0 unspecified atom stereocenters. The predicted molar refractivity (Wildman–Crippen MR) is 108 cm³/mol. The summed E-state index contributed by atoms with van der Waals surface area (Å²) in [4.78, 5) is 27.2. The Bertz CT molecular complexity index is 1010. The molecule has 150 valence electrons. The van der Waals surface area contributed by atoms with Crippen molar-refractivity contribution in [3.63, 3.8) is 0 Å². The number of carbonyl (C=O) groups excluding carboxylic acids is 2. The lowest BCUT2D eigenvalue weighted by Gasteiger charge is -2.23. The van der Waals surface area contributed by atoms with Crippen molar-refractivity contribution in [1.29, 1.82) is 0 Å². The van der Waals surface area contributed by atoms with Crippen LogP contribution in [0.1, 0.15) is 54.8 Å². The first-order valence-electron chi connectivity index (χ1n) is 10.0. The van der Waals surface area contributed by atoms with E-state index in [0.29, 0.717) is 18.7 Å². The number of fused-ring (bicyclic) bond motifs is 1. The molecule has 7 heteroatoms. The first-order chi connectivity index (χ1) is 14.2. The highest BCUT2D eigenvalue weighted by Crippen LogP contribution is 2.31. The van der Waals surface area contributed by atoms with Gasteiger partial charge in [0, 0.05) is 31.1 Å². The van der Waals surface area contributed by atoms with Crippen molar-refractivity contribution < 1.29 is 14.3 Å². The van der Waals surface area contributed by atoms with Crippen LogP contribution in [-0.2, 0) is 4.79 Å². The second-order valence-electron chi connectivity index (χ2n) is 7.11. The van der Waals surface area contributed by atoms with E-state index in [1.54, 1.807) is 24.3 Å². The molecule has 1 aromatic carbocycles. The summed E-state index contributed by atoms with van der Waals surface area (Å²) >= 11 is 0. The highest BCUT2D eigenvalue weighted by Gasteiger charge is 2.33. The third-order valence-corrected chi connectivity index (χ3v) is 5.26. The SMILES string of the molecule is CCOc1ccc(C(=O)CCC(=O)N2CCC[C@@H]2c2nnc3ccccn23)cc1. The molecule has 7 nitrogen and oxygen atoms in total. The maximum Gasteiger partial charge on any atom is 0.223 e. The van der Waals surface area contributed by atoms with E-state index in [0.717, 1.165) is 30.1 Å². The predicted octanol–water partition coefficient (Wildman–Crippen LogP) is 3.45. The topological polar surface area (TPSA) is 76.8 Å². The van der Waals surface area contributed by atoms with E-state index in [2.05, 4.69) is 10.2 Å². The molecule has 1 aliphatic rings. The summed E-state index contributed by atoms with van der Waals surface area (Å²) < 4.78 is 7.33. The lowest BCUT2D eigenvalue weighted by molar-refractivity contribution is -0.132. The Labute approximate surface area is 169 Å². The minimum absolute atomic E-state index is 0.0144. The van der Waals surface area contributed by atoms with Gasteiger partial charge < -0.3 is 9.64 Å². The van der Waals surface area contributed by atoms with Gasteiger partial charge in [0.2, 0.25) is 5.91 Å². The van der Waals surface area contributed by atoms with Crippen LogP contribution in [0.25, 0.3) is 5.65 Å². The quantitative estimate of drug-likeness (QED) is 0.576. The molecule has 1 saturated heterocycles. The largest absolute Gasteiger partial charge is 0.494 e. The maximum atomic E-state index is 12.9. The second-order valence-corrected chi connectivity index (χ2v) is 7.11. The van der Waals surface area contributed by atoms with Crippen molar-refractivity contribution in [3.8, 4) is 5.75 Å². The zero-order chi connectivity index (χ0) is 20.2. The van der Waals surface area contributed by atoms with E-state index in [9.17, 15) is 9.59 Å². The van der Waals surface area contributed by atoms with Gasteiger partial charge in [0.1, 0.15) is 5.75 Å². The van der Waals surface area contributed by atoms with Crippen LogP contribution in [-0.4, -0.2) is 44.3 Å². The monoisotopic (exact) mass is 392 g/mol. The van der Waals surface area contributed by atoms with Crippen LogP contribution in [0.15, 0.2) is 48.7 Å². The summed E-state index contributed by atoms with van der Waals surface area (Å²) in [6, 6.07) is 12.7. The molecular formula is C22H24N4O3. The van der Waals surface area contributed by atoms with Gasteiger partial charge in [-0.05, 0) is 56.2 Å². The molecule has 0 saturated carbocycles. The summed E-state index contributed by atoms with van der Waals surface area (Å²) in [5.41, 5.74) is 1.37. The van der Waals surface area contributed by atoms with Gasteiger partial charge in [-0.1, -0.05) is 6.07 Å². The number of ketones is 1. The van der Waals surface area contributed by atoms with Crippen LogP contribution in [0.3, 0.4) is 0 Å². The van der Waals surface area contributed by atoms with Crippen molar-refractivity contribution in [2.24, 2.45) is 0 Å². The lowest BCUT2D eigenvalue weighted by atomic mass is 10.1. The summed E-state index contributed by atoms with van der Waals surface area (Å²) in [5.74, 6) is 1.47. The number of amides is 1. The molecule has 29 heavy (non-hydrogen) atoms. The second kappa shape index (κ2) is 8.43. The molecule has 0 N–H and O–H groups in total. The van der Waals surface area contributed by atoms with Crippen molar-refractivity contribution in [2.75, 3.05) is 13.2 Å². The Morgan fingerprint density at radius 3 is 2.72 bits per heavy atom. The number of benzene rings is 1. The molecule has 0 bridgehead atoms. The molecule has 3 aromatic rings. The average molecular weight is 392 g/mol. The van der Waals surface area contributed by atoms with Gasteiger partial charge in [-0.3, -0.25) is 14.0 Å². The molecular weight excluding hydrogens is 368 g/mol. The van der Waals surface area contributed by atoms with Gasteiger partial charge in [0.05, 0.1) is 12.6 Å². The number of hydrogen-bond donors (Lipinski definition) is 0. The zero-order valence-corrected chi connectivity index (χ0v) is 16.5. The van der Waals surface area contributed by atoms with E-state index in [4.69, 9.17) is 4.74 Å². The van der Waals surface area contributed by atoms with Gasteiger partial charge in [-0.25, -0.2) is 0 Å². The summed E-state index contributed by atoms with van der Waals surface area (Å²) in [7, 11) is 0. The molecule has 0 aliphatic carbocycles. The molecule has 3 heterocycles. The number of pyridine rings is 1. The standard InChI is InChI=1S/C22H24N4O3/c1-2-29-17-10-8-16(9-11-17)19(27)12-13-21(28)25-15-5-6-18(25)22-24-23-20-7-3-4-14-26(20)22/h3-4,7-11,14,18H,2,5-6,12-13,15H2,1H3/t18-/m1/s1. The summed E-state index contributed by atoms with van der Waals surface area (Å²) in [6.07, 6.45) is 4.08. The first kappa shape index (κ1) is 19.1. The van der Waals surface area contributed by atoms with Crippen LogP contribution >= 0.6 is 0 Å². The Kier molecular flexibility index (Phi) is 5.55. The van der Waals surface area contributed by atoms with Gasteiger partial charge in [-0.15, -0.1) is 10.2 Å². The number of rotatable bonds is 7. The Hall–Kier alpha value is -3.22. The van der Waals surface area contributed by atoms with Crippen LogP contribution in [0.5, 0.6) is 5.75 Å². The molecule has 1 fully saturated rings. The maximum absolute atomic E-state index is 12.9. The summed E-state index contributed by atoms with van der Waals surface area (Å²) in [6.45, 7) is 3.18. The van der Waals surface area contributed by atoms with E-state index in [1.165, 1.54) is 0 Å². The van der Waals surface area contributed by atoms with E-state index < -0.39 is 0 Å². The van der Waals surface area contributed by atoms with Gasteiger partial charge in [-0.2, -0.15) is 0 Å². The van der Waals surface area contributed by atoms with Crippen LogP contribution in [0.4, 0.5) is 0 Å². The molecule has 4 rings (SSSR count). The van der Waals surface area contributed by atoms with Crippen molar-refractivity contribution >= 4 is 17.3 Å². The molecule has 1 aliphatic heterocycles. The molecule has 0 radical (unpaired) electrons. The van der Waals surface area contributed by atoms with Crippen LogP contribution < -0.4 is 4.74 Å². The van der Waals surface area contributed by atoms with Crippen molar-refractivity contribution in [3.05, 3.63) is 60.0 Å². The van der Waals surface area contributed by atoms with Gasteiger partial charge >= 0.3 is 0 Å². The molecule has 1 atom stereocenters. The lowest BCUT2D eigenvalue weighted by Crippen LogP contribution is -2.31. The Morgan fingerprint density at radius 1 is 1.10 bits per heavy atom. The average Bonchev–Trinajstić information content (AvgIpc) is 3.39. The van der Waals surface area contributed by atoms with Crippen LogP contribution in [0.2, 0.25) is 0 Å². The van der Waals surface area contributed by atoms with E-state index >= 15 is 0 Å². The van der Waals surface area contributed by atoms with E-state index in [1.807, 2.05) is 40.6 Å². The van der Waals surface area contributed by atoms with Gasteiger partial charge in [0.15, 0.2) is 17.3 Å². The summed E-state index contributed by atoms with van der Waals surface area (Å²) in [5, 5.41) is 8.52. The Morgan fingerprint density at radius 2 is 1.93 bits per heavy atom. The minimum atomic E-state index is -0.0968. The third-order valence-electron chi connectivity index (χ3n) is 5.26. The molecule has 0 spiro atoms. The Balaban J connectivity index is 1.40. The number of likely N-dealkylation sites (tertiary alicyclic amines) is 1. The number of Topliss-reactive ketones (excluding diaryl/α,β-unsaturated/α-hetero) is 1. The smallest absolute Gasteiger partial charge is 0.223 e. The number of nitrogens with zero attached hydrogens (tertiary/aromatic N) is 4. The number of carbonyl (C=O) groups is 2. The minimum Gasteiger partial charge on any atom is -0.494 e. The number of aromatic nitrogens is 3. The first-order valence-corrected chi connectivity index (χ1v) is 10.0. The number of hydrogen-bond acceptors (Lipinski definition) is 5. The fourth-order valence-electron chi connectivity index (χ4n) is 3.83. The van der Waals surface area contributed by atoms with Crippen molar-refractivity contribution in [1.82, 2.24) is 19.5 Å². The fourth-order valence-corrected chi connectivity index (χ4v) is 3.83. The highest BCUT2D eigenvalue weighted by atomic mass is 16.5. The van der Waals surface area contributed by atoms with Crippen molar-refractivity contribution in [2.45, 2.75) is 38.6 Å². The van der Waals surface area contributed by atoms with Crippen LogP contribution in [0, 0.1) is 0 Å². The van der Waals surface area contributed by atoms with E-state index in [-0.39, 0.29) is 30.6 Å².